The molecule has 0 saturated heterocycles. The number of halogens is 2. The molecule has 0 heterocycles. The molecule has 0 radical (unpaired) electrons. The molecule has 0 N–H and O–H groups in total. The Balaban J connectivity index is 3.91. The third kappa shape index (κ3) is 2.26. The monoisotopic (exact) mass is 154 g/mol. The molecule has 5 heteroatoms. The number of alkyl halides is 2. The van der Waals surface area contributed by atoms with Crippen LogP contribution in [-0.2, 0) is 14.3 Å². The molecule has 0 aliphatic heterocycles. The minimum atomic E-state index is -3.81. The second-order valence-corrected chi connectivity index (χ2v) is 1.44. The van der Waals surface area contributed by atoms with Crippen molar-refractivity contribution in [2.75, 3.05) is 13.7 Å². The summed E-state index contributed by atoms with van der Waals surface area (Å²) in [4.78, 5) is 10.2. The van der Waals surface area contributed by atoms with Crippen molar-refractivity contribution < 1.29 is 23.0 Å². The van der Waals surface area contributed by atoms with Crippen LogP contribution in [0.15, 0.2) is 0 Å². The van der Waals surface area contributed by atoms with Crippen molar-refractivity contribution in [1.29, 1.82) is 0 Å². The molecule has 0 saturated carbocycles. The van der Waals surface area contributed by atoms with Gasteiger partial charge in [-0.05, 0) is 6.92 Å². The lowest BCUT2D eigenvalue weighted by atomic mass is 10.6. The SMILES string of the molecule is CCOC(=O)C(F)(F)OC. The fraction of sp³-hybridized carbons (Fsp3) is 0.800. The second kappa shape index (κ2) is 3.46. The zero-order chi connectivity index (χ0) is 8.20. The van der Waals surface area contributed by atoms with Gasteiger partial charge in [0.2, 0.25) is 0 Å². The van der Waals surface area contributed by atoms with Crippen molar-refractivity contribution in [2.24, 2.45) is 0 Å². The number of esters is 1. The molecule has 0 amide bonds. The highest BCUT2D eigenvalue weighted by molar-refractivity contribution is 5.75. The van der Waals surface area contributed by atoms with Gasteiger partial charge in [0.05, 0.1) is 6.61 Å². The summed E-state index contributed by atoms with van der Waals surface area (Å²) in [5.41, 5.74) is 0. The van der Waals surface area contributed by atoms with Crippen LogP contribution in [0.4, 0.5) is 8.78 Å². The van der Waals surface area contributed by atoms with Gasteiger partial charge in [0.25, 0.3) is 0 Å². The Hall–Kier alpha value is -0.710. The van der Waals surface area contributed by atoms with Crippen LogP contribution >= 0.6 is 0 Å². The Morgan fingerprint density at radius 3 is 2.40 bits per heavy atom. The molecular formula is C5H8F2O3. The Bertz CT molecular complexity index is 124. The van der Waals surface area contributed by atoms with Crippen LogP contribution in [0.3, 0.4) is 0 Å². The van der Waals surface area contributed by atoms with E-state index in [0.717, 1.165) is 7.11 Å². The first-order valence-corrected chi connectivity index (χ1v) is 2.64. The lowest BCUT2D eigenvalue weighted by Gasteiger charge is -2.10. The number of hydrogen-bond donors (Lipinski definition) is 0. The van der Waals surface area contributed by atoms with E-state index in [-0.39, 0.29) is 6.61 Å². The Morgan fingerprint density at radius 1 is 1.60 bits per heavy atom. The number of carbonyl (C=O) groups is 1. The molecule has 3 nitrogen and oxygen atoms in total. The van der Waals surface area contributed by atoms with Crippen LogP contribution in [0.25, 0.3) is 0 Å². The van der Waals surface area contributed by atoms with E-state index in [0.29, 0.717) is 0 Å². The molecule has 10 heavy (non-hydrogen) atoms. The summed E-state index contributed by atoms with van der Waals surface area (Å²) < 4.78 is 31.6. The van der Waals surface area contributed by atoms with Gasteiger partial charge in [0, 0.05) is 7.11 Å². The third-order valence-electron chi connectivity index (χ3n) is 0.769. The lowest BCUT2D eigenvalue weighted by molar-refractivity contribution is -0.239. The van der Waals surface area contributed by atoms with Crippen LogP contribution in [0, 0.1) is 0 Å². The topological polar surface area (TPSA) is 35.5 Å². The first kappa shape index (κ1) is 9.29. The molecule has 0 aromatic carbocycles. The predicted molar refractivity (Wildman–Crippen MR) is 28.6 cm³/mol. The molecule has 0 aliphatic rings. The van der Waals surface area contributed by atoms with Gasteiger partial charge >= 0.3 is 12.1 Å². The van der Waals surface area contributed by atoms with E-state index in [1.807, 2.05) is 0 Å². The average molecular weight is 154 g/mol. The van der Waals surface area contributed by atoms with Gasteiger partial charge in [0.15, 0.2) is 0 Å². The highest BCUT2D eigenvalue weighted by Crippen LogP contribution is 2.15. The maximum absolute atomic E-state index is 12.0. The highest BCUT2D eigenvalue weighted by Gasteiger charge is 2.40. The van der Waals surface area contributed by atoms with Crippen molar-refractivity contribution in [1.82, 2.24) is 0 Å². The van der Waals surface area contributed by atoms with E-state index < -0.39 is 12.1 Å². The smallest absolute Gasteiger partial charge is 0.455 e. The minimum Gasteiger partial charge on any atom is -0.460 e. The van der Waals surface area contributed by atoms with E-state index in [1.54, 1.807) is 0 Å². The molecule has 0 atom stereocenters. The van der Waals surface area contributed by atoms with Crippen molar-refractivity contribution in [3.8, 4) is 0 Å². The fourth-order valence-corrected chi connectivity index (χ4v) is 0.298. The summed E-state index contributed by atoms with van der Waals surface area (Å²) in [5.74, 6) is -1.66. The Morgan fingerprint density at radius 2 is 2.10 bits per heavy atom. The fourth-order valence-electron chi connectivity index (χ4n) is 0.298. The second-order valence-electron chi connectivity index (χ2n) is 1.44. The summed E-state index contributed by atoms with van der Waals surface area (Å²) in [6.45, 7) is 1.35. The first-order valence-electron chi connectivity index (χ1n) is 2.64. The number of methoxy groups -OCH3 is 1. The third-order valence-corrected chi connectivity index (χ3v) is 0.769. The van der Waals surface area contributed by atoms with Crippen molar-refractivity contribution >= 4 is 5.97 Å². The normalized spacial score (nSPS) is 11.2. The molecule has 0 bridgehead atoms. The molecule has 0 spiro atoms. The van der Waals surface area contributed by atoms with Crippen molar-refractivity contribution in [2.45, 2.75) is 13.0 Å². The maximum atomic E-state index is 12.0. The van der Waals surface area contributed by atoms with Gasteiger partial charge in [-0.3, -0.25) is 0 Å². The van der Waals surface area contributed by atoms with Crippen molar-refractivity contribution in [3.63, 3.8) is 0 Å². The highest BCUT2D eigenvalue weighted by atomic mass is 19.3. The van der Waals surface area contributed by atoms with Crippen LogP contribution in [0.1, 0.15) is 6.92 Å². The zero-order valence-electron chi connectivity index (χ0n) is 5.69. The standard InChI is InChI=1S/C5H8F2O3/c1-3-10-4(8)5(6,7)9-2/h3H2,1-2H3. The van der Waals surface area contributed by atoms with Gasteiger partial charge < -0.3 is 9.47 Å². The molecule has 0 aromatic rings. The van der Waals surface area contributed by atoms with Crippen LogP contribution in [-0.4, -0.2) is 25.8 Å². The average Bonchev–Trinajstić information content (AvgIpc) is 1.89. The lowest BCUT2D eigenvalue weighted by Crippen LogP contribution is -2.32. The van der Waals surface area contributed by atoms with E-state index >= 15 is 0 Å². The quantitative estimate of drug-likeness (QED) is 0.564. The number of carbonyl (C=O) groups excluding carboxylic acids is 1. The summed E-state index contributed by atoms with van der Waals surface area (Å²) in [6.07, 6.45) is -3.81. The van der Waals surface area contributed by atoms with Gasteiger partial charge in [0.1, 0.15) is 0 Å². The molecule has 60 valence electrons. The summed E-state index contributed by atoms with van der Waals surface area (Å²) in [7, 11) is 0.733. The van der Waals surface area contributed by atoms with Gasteiger partial charge in [-0.15, -0.1) is 0 Å². The number of hydrogen-bond acceptors (Lipinski definition) is 3. The van der Waals surface area contributed by atoms with E-state index in [1.165, 1.54) is 6.92 Å². The van der Waals surface area contributed by atoms with Crippen LogP contribution < -0.4 is 0 Å². The zero-order valence-corrected chi connectivity index (χ0v) is 5.69. The first-order chi connectivity index (χ1) is 4.54. The maximum Gasteiger partial charge on any atom is 0.455 e. The minimum absolute atomic E-state index is 0.0855. The van der Waals surface area contributed by atoms with E-state index in [2.05, 4.69) is 9.47 Å². The molecular weight excluding hydrogens is 146 g/mol. The van der Waals surface area contributed by atoms with E-state index in [4.69, 9.17) is 0 Å². The summed E-state index contributed by atoms with van der Waals surface area (Å²) in [6, 6.07) is 0. The van der Waals surface area contributed by atoms with Gasteiger partial charge in [-0.25, -0.2) is 4.79 Å². The molecule has 0 aliphatic carbocycles. The predicted octanol–water partition coefficient (Wildman–Crippen LogP) is 0.789. The number of rotatable bonds is 3. The van der Waals surface area contributed by atoms with Crippen LogP contribution in [0.2, 0.25) is 0 Å². The number of ether oxygens (including phenoxy) is 2. The van der Waals surface area contributed by atoms with Gasteiger partial charge in [-0.2, -0.15) is 8.78 Å². The van der Waals surface area contributed by atoms with Crippen molar-refractivity contribution in [3.05, 3.63) is 0 Å². The van der Waals surface area contributed by atoms with Gasteiger partial charge in [-0.1, -0.05) is 0 Å². The molecule has 0 unspecified atom stereocenters. The molecule has 0 aromatic heterocycles. The summed E-state index contributed by atoms with van der Waals surface area (Å²) in [5, 5.41) is 0. The Labute approximate surface area is 56.9 Å². The molecule has 0 rings (SSSR count). The van der Waals surface area contributed by atoms with E-state index in [9.17, 15) is 13.6 Å². The largest absolute Gasteiger partial charge is 0.460 e. The Kier molecular flexibility index (Phi) is 3.21. The summed E-state index contributed by atoms with van der Waals surface area (Å²) >= 11 is 0. The molecule has 0 fully saturated rings. The van der Waals surface area contributed by atoms with Crippen LogP contribution in [0.5, 0.6) is 0 Å².